The molecule has 8 atom stereocenters. The average Bonchev–Trinajstić information content (AvgIpc) is 2.91. The van der Waals surface area contributed by atoms with Crippen LogP contribution in [-0.2, 0) is 24.0 Å². The van der Waals surface area contributed by atoms with Crippen LogP contribution >= 0.6 is 0 Å². The maximum absolute atomic E-state index is 13.1. The van der Waals surface area contributed by atoms with Gasteiger partial charge in [0.15, 0.2) is 11.9 Å². The molecule has 1 aromatic rings. The van der Waals surface area contributed by atoms with Crippen LogP contribution in [0.1, 0.15) is 46.5 Å². The lowest BCUT2D eigenvalue weighted by Gasteiger charge is -2.60. The first-order valence-corrected chi connectivity index (χ1v) is 10.5. The second-order valence-corrected chi connectivity index (χ2v) is 9.18. The molecule has 6 rings (SSSR count). The highest BCUT2D eigenvalue weighted by atomic mass is 17.3. The lowest BCUT2D eigenvalue weighted by molar-refractivity contribution is -0.569. The van der Waals surface area contributed by atoms with Gasteiger partial charge in [-0.1, -0.05) is 32.0 Å². The lowest BCUT2D eigenvalue weighted by atomic mass is 9.57. The minimum Gasteiger partial charge on any atom is -0.336 e. The van der Waals surface area contributed by atoms with Gasteiger partial charge in [0.05, 0.1) is 0 Å². The number of benzene rings is 1. The van der Waals surface area contributed by atoms with Crippen LogP contribution in [0.15, 0.2) is 30.3 Å². The zero-order valence-electron chi connectivity index (χ0n) is 16.7. The van der Waals surface area contributed by atoms with E-state index in [4.69, 9.17) is 19.2 Å². The normalized spacial score (nSPS) is 47.1. The van der Waals surface area contributed by atoms with Gasteiger partial charge in [0, 0.05) is 18.0 Å². The Morgan fingerprint density at radius 2 is 1.86 bits per heavy atom. The highest BCUT2D eigenvalue weighted by molar-refractivity contribution is 5.94. The fourth-order valence-corrected chi connectivity index (χ4v) is 5.94. The molecule has 4 aliphatic heterocycles. The van der Waals surface area contributed by atoms with Crippen molar-refractivity contribution in [2.24, 2.45) is 23.7 Å². The van der Waals surface area contributed by atoms with Crippen molar-refractivity contribution < 1.29 is 24.0 Å². The van der Waals surface area contributed by atoms with Crippen molar-refractivity contribution in [3.63, 3.8) is 0 Å². The molecule has 4 heterocycles. The molecule has 2 bridgehead atoms. The van der Waals surface area contributed by atoms with Gasteiger partial charge in [0.1, 0.15) is 6.10 Å². The Labute approximate surface area is 165 Å². The molecule has 5 aliphatic rings. The lowest BCUT2D eigenvalue weighted by Crippen LogP contribution is -2.71. The summed E-state index contributed by atoms with van der Waals surface area (Å²) in [6, 6.07) is 9.50. The number of hydrogen-bond acceptors (Lipinski definition) is 5. The van der Waals surface area contributed by atoms with Crippen molar-refractivity contribution in [3.05, 3.63) is 30.3 Å². The number of ether oxygens (including phenoxy) is 2. The Bertz CT molecular complexity index is 757. The van der Waals surface area contributed by atoms with Gasteiger partial charge in [0.2, 0.25) is 5.79 Å². The summed E-state index contributed by atoms with van der Waals surface area (Å²) in [5.74, 6) is 0.0290. The molecule has 152 valence electrons. The Kier molecular flexibility index (Phi) is 4.32. The maximum atomic E-state index is 13.1. The first-order chi connectivity index (χ1) is 13.4. The number of para-hydroxylation sites is 1. The molecular formula is C22H29NO5. The third-order valence-corrected chi connectivity index (χ3v) is 7.46. The zero-order chi connectivity index (χ0) is 19.5. The van der Waals surface area contributed by atoms with Crippen LogP contribution in [0.5, 0.6) is 0 Å². The Morgan fingerprint density at radius 3 is 2.64 bits per heavy atom. The molecule has 6 nitrogen and oxygen atoms in total. The fourth-order valence-electron chi connectivity index (χ4n) is 5.94. The number of anilines is 1. The van der Waals surface area contributed by atoms with Crippen LogP contribution in [0.3, 0.4) is 0 Å². The van der Waals surface area contributed by atoms with Crippen LogP contribution in [-0.4, -0.2) is 29.7 Å². The largest absolute Gasteiger partial charge is 0.336 e. The predicted octanol–water partition coefficient (Wildman–Crippen LogP) is 3.88. The van der Waals surface area contributed by atoms with Crippen molar-refractivity contribution in [3.8, 4) is 0 Å². The van der Waals surface area contributed by atoms with E-state index in [9.17, 15) is 4.79 Å². The van der Waals surface area contributed by atoms with E-state index in [0.717, 1.165) is 31.4 Å². The first kappa shape index (κ1) is 18.6. The van der Waals surface area contributed by atoms with Gasteiger partial charge in [-0.3, -0.25) is 4.79 Å². The molecule has 1 saturated carbocycles. The van der Waals surface area contributed by atoms with Crippen LogP contribution in [0.25, 0.3) is 0 Å². The number of nitrogens with one attached hydrogen (secondary N) is 1. The van der Waals surface area contributed by atoms with Crippen molar-refractivity contribution in [1.29, 1.82) is 0 Å². The summed E-state index contributed by atoms with van der Waals surface area (Å²) in [7, 11) is 0. The maximum Gasteiger partial charge on any atom is 0.253 e. The minimum absolute atomic E-state index is 0.00428. The molecule has 1 aliphatic carbocycles. The number of fused-ring (bicyclic) bond motifs is 2. The second-order valence-electron chi connectivity index (χ2n) is 9.18. The molecule has 0 unspecified atom stereocenters. The van der Waals surface area contributed by atoms with Gasteiger partial charge in [-0.15, -0.1) is 0 Å². The number of carbonyl (C=O) groups is 1. The summed E-state index contributed by atoms with van der Waals surface area (Å²) in [6.45, 7) is 6.28. The zero-order valence-corrected chi connectivity index (χ0v) is 16.7. The van der Waals surface area contributed by atoms with Crippen LogP contribution in [0.2, 0.25) is 0 Å². The summed E-state index contributed by atoms with van der Waals surface area (Å²) in [5, 5.41) is 3.00. The summed E-state index contributed by atoms with van der Waals surface area (Å²) < 4.78 is 12.7. The predicted molar refractivity (Wildman–Crippen MR) is 102 cm³/mol. The number of rotatable bonds is 2. The SMILES string of the molecule is C[C@H]1[C@H](C(=O)Nc2ccccc2)O[C@@H]2O[C@@]3(C)CC[C@H]4[C@H](C)CC[C@@H]1[C@@]24OO3. The molecule has 0 radical (unpaired) electrons. The summed E-state index contributed by atoms with van der Waals surface area (Å²) in [5.41, 5.74) is 0.143. The monoisotopic (exact) mass is 387 g/mol. The second kappa shape index (κ2) is 6.52. The van der Waals surface area contributed by atoms with Gasteiger partial charge in [0.25, 0.3) is 5.91 Å². The van der Waals surface area contributed by atoms with E-state index < -0.39 is 23.8 Å². The first-order valence-electron chi connectivity index (χ1n) is 10.5. The molecule has 4 saturated heterocycles. The van der Waals surface area contributed by atoms with Gasteiger partial charge in [-0.2, -0.15) is 0 Å². The summed E-state index contributed by atoms with van der Waals surface area (Å²) in [6.07, 6.45) is 2.70. The van der Waals surface area contributed by atoms with Gasteiger partial charge < -0.3 is 14.8 Å². The third-order valence-electron chi connectivity index (χ3n) is 7.46. The number of carbonyl (C=O) groups excluding carboxylic acids is 1. The van der Waals surface area contributed by atoms with Crippen molar-refractivity contribution >= 4 is 11.6 Å². The highest BCUT2D eigenvalue weighted by Gasteiger charge is 2.69. The molecule has 1 aromatic carbocycles. The third kappa shape index (κ3) is 2.65. The number of hydrogen-bond donors (Lipinski definition) is 1. The molecular weight excluding hydrogens is 358 g/mol. The van der Waals surface area contributed by atoms with E-state index in [1.165, 1.54) is 0 Å². The Balaban J connectivity index is 1.47. The topological polar surface area (TPSA) is 66.0 Å². The minimum atomic E-state index is -0.821. The van der Waals surface area contributed by atoms with Crippen molar-refractivity contribution in [2.45, 2.75) is 70.2 Å². The molecule has 28 heavy (non-hydrogen) atoms. The molecule has 1 spiro atoms. The smallest absolute Gasteiger partial charge is 0.253 e. The average molecular weight is 387 g/mol. The van der Waals surface area contributed by atoms with E-state index in [1.807, 2.05) is 37.3 Å². The van der Waals surface area contributed by atoms with Crippen molar-refractivity contribution in [1.82, 2.24) is 0 Å². The van der Waals surface area contributed by atoms with Gasteiger partial charge in [-0.05, 0) is 56.1 Å². The summed E-state index contributed by atoms with van der Waals surface area (Å²) >= 11 is 0. The van der Waals surface area contributed by atoms with Gasteiger partial charge >= 0.3 is 0 Å². The van der Waals surface area contributed by atoms with E-state index in [2.05, 4.69) is 19.2 Å². The van der Waals surface area contributed by atoms with E-state index in [0.29, 0.717) is 11.8 Å². The standard InChI is InChI=1S/C22H29NO5/c1-13-9-10-17-14(2)18(19(24)23-15-7-5-4-6-8-15)25-20-22(17)16(13)11-12-21(3,26-20)27-28-22/h4-8,13-14,16-18,20H,9-12H2,1-3H3,(H,23,24)/t13-,14-,16+,17+,18-,20-,21-,22-/m1/s1. The van der Waals surface area contributed by atoms with Crippen LogP contribution in [0, 0.1) is 23.7 Å². The van der Waals surface area contributed by atoms with Gasteiger partial charge in [-0.25, -0.2) is 9.78 Å². The highest BCUT2D eigenvalue weighted by Crippen LogP contribution is 2.60. The quantitative estimate of drug-likeness (QED) is 0.780. The Morgan fingerprint density at radius 1 is 1.07 bits per heavy atom. The summed E-state index contributed by atoms with van der Waals surface area (Å²) in [4.78, 5) is 25.0. The molecule has 6 heteroatoms. The fraction of sp³-hybridized carbons (Fsp3) is 0.682. The van der Waals surface area contributed by atoms with E-state index in [-0.39, 0.29) is 17.7 Å². The molecule has 1 amide bonds. The van der Waals surface area contributed by atoms with E-state index >= 15 is 0 Å². The molecule has 1 N–H and O–H groups in total. The molecule has 0 aromatic heterocycles. The number of amides is 1. The van der Waals surface area contributed by atoms with Crippen LogP contribution in [0.4, 0.5) is 5.69 Å². The van der Waals surface area contributed by atoms with Crippen molar-refractivity contribution in [2.75, 3.05) is 5.32 Å². The Hall–Kier alpha value is -1.47. The van der Waals surface area contributed by atoms with E-state index in [1.54, 1.807) is 0 Å². The molecule has 5 fully saturated rings. The van der Waals surface area contributed by atoms with Crippen LogP contribution < -0.4 is 5.32 Å².